The van der Waals surface area contributed by atoms with E-state index in [9.17, 15) is 14.7 Å². The molecule has 0 spiro atoms. The summed E-state index contributed by atoms with van der Waals surface area (Å²) in [5, 5.41) is 10.8. The van der Waals surface area contributed by atoms with Crippen molar-refractivity contribution < 1.29 is 24.2 Å². The van der Waals surface area contributed by atoms with Crippen molar-refractivity contribution in [3.8, 4) is 0 Å². The molecule has 0 amide bonds. The lowest BCUT2D eigenvalue weighted by atomic mass is 9.51. The maximum Gasteiger partial charge on any atom is 0.340 e. The van der Waals surface area contributed by atoms with Gasteiger partial charge in [-0.15, -0.1) is 0 Å². The molecule has 0 saturated heterocycles. The summed E-state index contributed by atoms with van der Waals surface area (Å²) in [7, 11) is 0. The molecule has 0 radical (unpaired) electrons. The molecule has 5 heteroatoms. The van der Waals surface area contributed by atoms with Crippen LogP contribution in [0.4, 0.5) is 0 Å². The molecule has 0 unspecified atom stereocenters. The second-order valence-corrected chi connectivity index (χ2v) is 8.88. The first-order valence-electron chi connectivity index (χ1n) is 11.1. The number of esters is 2. The first-order chi connectivity index (χ1) is 14.1. The Morgan fingerprint density at radius 1 is 0.931 bits per heavy atom. The minimum absolute atomic E-state index is 0.00505. The number of aliphatic hydroxyl groups is 1. The van der Waals surface area contributed by atoms with E-state index in [1.807, 2.05) is 12.2 Å². The van der Waals surface area contributed by atoms with Gasteiger partial charge in [-0.3, -0.25) is 0 Å². The second-order valence-electron chi connectivity index (χ2n) is 8.88. The molecule has 0 aromatic carbocycles. The SMILES string of the molecule is CCCC=C1OC(=O)C2=C1[C@@H]1C[C@@H](O)[C@H]2[C@H]2CCC3=C(C(=O)O/C3=C\CCC)[C@H]21. The maximum absolute atomic E-state index is 12.9. The molecular formula is C24H28O5. The van der Waals surface area contributed by atoms with Crippen molar-refractivity contribution in [3.63, 3.8) is 0 Å². The number of carbonyl (C=O) groups is 2. The van der Waals surface area contributed by atoms with Gasteiger partial charge in [-0.25, -0.2) is 9.59 Å². The van der Waals surface area contributed by atoms with Crippen LogP contribution in [-0.4, -0.2) is 23.1 Å². The van der Waals surface area contributed by atoms with Crippen LogP contribution >= 0.6 is 0 Å². The summed E-state index contributed by atoms with van der Waals surface area (Å²) in [5.41, 5.74) is 3.48. The van der Waals surface area contributed by atoms with E-state index in [1.54, 1.807) is 0 Å². The number of fused-ring (bicyclic) bond motifs is 1. The molecule has 6 aliphatic rings. The molecule has 5 atom stereocenters. The molecule has 2 heterocycles. The van der Waals surface area contributed by atoms with Crippen molar-refractivity contribution in [3.05, 3.63) is 46.0 Å². The topological polar surface area (TPSA) is 72.8 Å². The lowest BCUT2D eigenvalue weighted by Gasteiger charge is -2.52. The van der Waals surface area contributed by atoms with E-state index in [2.05, 4.69) is 13.8 Å². The lowest BCUT2D eigenvalue weighted by molar-refractivity contribution is -0.135. The number of hydrogen-bond donors (Lipinski definition) is 1. The van der Waals surface area contributed by atoms with Crippen LogP contribution < -0.4 is 0 Å². The van der Waals surface area contributed by atoms with Gasteiger partial charge in [0.15, 0.2) is 0 Å². The van der Waals surface area contributed by atoms with Gasteiger partial charge in [0, 0.05) is 28.6 Å². The first-order valence-corrected chi connectivity index (χ1v) is 11.1. The number of cyclic esters (lactones) is 2. The minimum atomic E-state index is -0.548. The number of carbonyl (C=O) groups excluding carboxylic acids is 2. The molecule has 5 nitrogen and oxygen atoms in total. The average Bonchev–Trinajstić information content (AvgIpc) is 3.22. The van der Waals surface area contributed by atoms with E-state index in [1.165, 1.54) is 0 Å². The maximum atomic E-state index is 12.9. The second kappa shape index (κ2) is 6.98. The Balaban J connectivity index is 1.62. The minimum Gasteiger partial charge on any atom is -0.423 e. The quantitative estimate of drug-likeness (QED) is 0.725. The first kappa shape index (κ1) is 18.9. The molecule has 154 valence electrons. The zero-order valence-corrected chi connectivity index (χ0v) is 17.1. The van der Waals surface area contributed by atoms with Gasteiger partial charge in [-0.1, -0.05) is 26.7 Å². The summed E-state index contributed by atoms with van der Waals surface area (Å²) in [6.45, 7) is 4.20. The Kier molecular flexibility index (Phi) is 4.54. The van der Waals surface area contributed by atoms with Crippen molar-refractivity contribution >= 4 is 11.9 Å². The van der Waals surface area contributed by atoms with E-state index in [0.717, 1.165) is 61.0 Å². The van der Waals surface area contributed by atoms with Gasteiger partial charge in [0.05, 0.1) is 11.7 Å². The van der Waals surface area contributed by atoms with E-state index >= 15 is 0 Å². The van der Waals surface area contributed by atoms with Crippen LogP contribution in [0.1, 0.15) is 58.8 Å². The number of unbranched alkanes of at least 4 members (excludes halogenated alkanes) is 2. The molecule has 29 heavy (non-hydrogen) atoms. The fourth-order valence-electron chi connectivity index (χ4n) is 6.24. The van der Waals surface area contributed by atoms with E-state index < -0.39 is 6.10 Å². The van der Waals surface area contributed by atoms with Gasteiger partial charge in [-0.2, -0.15) is 0 Å². The van der Waals surface area contributed by atoms with E-state index in [-0.39, 0.29) is 35.6 Å². The third-order valence-electron chi connectivity index (χ3n) is 7.29. The van der Waals surface area contributed by atoms with Gasteiger partial charge in [-0.05, 0) is 56.1 Å². The molecule has 2 bridgehead atoms. The van der Waals surface area contributed by atoms with E-state index in [0.29, 0.717) is 17.8 Å². The molecule has 1 fully saturated rings. The number of allylic oxidation sites excluding steroid dienone is 4. The summed E-state index contributed by atoms with van der Waals surface area (Å²) in [6.07, 6.45) is 9.40. The molecule has 4 aliphatic carbocycles. The highest BCUT2D eigenvalue weighted by Gasteiger charge is 2.61. The van der Waals surface area contributed by atoms with Crippen molar-refractivity contribution in [2.75, 3.05) is 0 Å². The molecule has 1 N–H and O–H groups in total. The summed E-state index contributed by atoms with van der Waals surface area (Å²) in [4.78, 5) is 25.6. The van der Waals surface area contributed by atoms with Gasteiger partial charge in [0.2, 0.25) is 0 Å². The summed E-state index contributed by atoms with van der Waals surface area (Å²) in [5.74, 6) is 0.661. The Morgan fingerprint density at radius 2 is 1.59 bits per heavy atom. The van der Waals surface area contributed by atoms with Gasteiger partial charge >= 0.3 is 11.9 Å². The molecule has 0 aromatic rings. The summed E-state index contributed by atoms with van der Waals surface area (Å²) < 4.78 is 11.3. The molecule has 2 aliphatic heterocycles. The predicted octanol–water partition coefficient (Wildman–Crippen LogP) is 4.10. The predicted molar refractivity (Wildman–Crippen MR) is 106 cm³/mol. The third kappa shape index (κ3) is 2.63. The van der Waals surface area contributed by atoms with Gasteiger partial charge in [0.1, 0.15) is 11.5 Å². The molecule has 6 rings (SSSR count). The summed E-state index contributed by atoms with van der Waals surface area (Å²) in [6, 6.07) is 0. The third-order valence-corrected chi connectivity index (χ3v) is 7.29. The molecule has 0 aromatic heterocycles. The zero-order chi connectivity index (χ0) is 20.3. The van der Waals surface area contributed by atoms with Crippen molar-refractivity contribution in [2.24, 2.45) is 23.7 Å². The van der Waals surface area contributed by atoms with Crippen LogP contribution in [0, 0.1) is 23.7 Å². The highest BCUT2D eigenvalue weighted by molar-refractivity contribution is 5.98. The fraction of sp³-hybridized carbons (Fsp3) is 0.583. The Labute approximate surface area is 171 Å². The van der Waals surface area contributed by atoms with Gasteiger partial charge in [0.25, 0.3) is 0 Å². The van der Waals surface area contributed by atoms with Crippen LogP contribution in [-0.2, 0) is 19.1 Å². The van der Waals surface area contributed by atoms with Crippen LogP contribution in [0.25, 0.3) is 0 Å². The highest BCUT2D eigenvalue weighted by Crippen LogP contribution is 2.62. The zero-order valence-electron chi connectivity index (χ0n) is 17.1. The molecular weight excluding hydrogens is 368 g/mol. The number of ether oxygens (including phenoxy) is 2. The number of rotatable bonds is 4. The monoisotopic (exact) mass is 396 g/mol. The summed E-state index contributed by atoms with van der Waals surface area (Å²) >= 11 is 0. The largest absolute Gasteiger partial charge is 0.423 e. The number of aliphatic hydroxyl groups excluding tert-OH is 1. The van der Waals surface area contributed by atoms with Crippen molar-refractivity contribution in [1.29, 1.82) is 0 Å². The lowest BCUT2D eigenvalue weighted by Crippen LogP contribution is -2.51. The Bertz CT molecular complexity index is 902. The Hall–Kier alpha value is -2.14. The average molecular weight is 396 g/mol. The van der Waals surface area contributed by atoms with Crippen LogP contribution in [0.2, 0.25) is 0 Å². The number of hydrogen-bond acceptors (Lipinski definition) is 5. The smallest absolute Gasteiger partial charge is 0.340 e. The fourth-order valence-corrected chi connectivity index (χ4v) is 6.24. The van der Waals surface area contributed by atoms with Gasteiger partial charge < -0.3 is 14.6 Å². The standard InChI is InChI=1S/C24H28O5/c1-3-5-7-16-12-9-10-13-18(21(12)23(26)28-16)14-11-15(25)19(13)22-20(14)17(8-6-4-2)29-24(22)27/h7-8,13-15,18-19,25H,3-6,9-11H2,1-2H3/b16-7-,17-8?/t13-,14+,15+,18+,19+/m0/s1. The Morgan fingerprint density at radius 3 is 2.31 bits per heavy atom. The molecule has 1 saturated carbocycles. The van der Waals surface area contributed by atoms with Crippen molar-refractivity contribution in [2.45, 2.75) is 64.9 Å². The van der Waals surface area contributed by atoms with Crippen LogP contribution in [0.3, 0.4) is 0 Å². The van der Waals surface area contributed by atoms with Crippen LogP contribution in [0.15, 0.2) is 46.0 Å². The normalized spacial score (nSPS) is 37.8. The van der Waals surface area contributed by atoms with Crippen LogP contribution in [0.5, 0.6) is 0 Å². The van der Waals surface area contributed by atoms with Crippen molar-refractivity contribution in [1.82, 2.24) is 0 Å². The van der Waals surface area contributed by atoms with E-state index in [4.69, 9.17) is 9.47 Å². The highest BCUT2D eigenvalue weighted by atomic mass is 16.5.